The number of aromatic nitrogens is 4. The molecule has 7 nitrogen and oxygen atoms in total. The summed E-state index contributed by atoms with van der Waals surface area (Å²) >= 11 is 0. The fourth-order valence-corrected chi connectivity index (χ4v) is 4.46. The van der Waals surface area contributed by atoms with E-state index in [9.17, 15) is 4.79 Å². The van der Waals surface area contributed by atoms with Crippen LogP contribution in [-0.4, -0.2) is 50.0 Å². The van der Waals surface area contributed by atoms with Crippen LogP contribution in [0, 0.1) is 0 Å². The number of rotatable bonds is 3. The third-order valence-corrected chi connectivity index (χ3v) is 6.18. The van der Waals surface area contributed by atoms with Gasteiger partial charge in [0.15, 0.2) is 0 Å². The van der Waals surface area contributed by atoms with Gasteiger partial charge in [0, 0.05) is 43.7 Å². The average Bonchev–Trinajstić information content (AvgIpc) is 3.22. The second kappa shape index (κ2) is 7.55. The molecule has 5 rings (SSSR count). The van der Waals surface area contributed by atoms with Gasteiger partial charge in [-0.2, -0.15) is 0 Å². The average molecular weight is 390 g/mol. The summed E-state index contributed by atoms with van der Waals surface area (Å²) in [7, 11) is 0. The summed E-state index contributed by atoms with van der Waals surface area (Å²) in [6.07, 6.45) is 6.80. The first-order valence-corrected chi connectivity index (χ1v) is 10.5. The zero-order chi connectivity index (χ0) is 19.8. The van der Waals surface area contributed by atoms with Crippen molar-refractivity contribution in [2.24, 2.45) is 0 Å². The summed E-state index contributed by atoms with van der Waals surface area (Å²) < 4.78 is 1.96. The SMILES string of the molecule is C[C@@H](C(=O)N1CCc2nc([C@@H]3CCCNC3)ncc2C1)n1cnc2ccccc21. The maximum Gasteiger partial charge on any atom is 0.245 e. The van der Waals surface area contributed by atoms with Crippen LogP contribution >= 0.6 is 0 Å². The van der Waals surface area contributed by atoms with Gasteiger partial charge >= 0.3 is 0 Å². The van der Waals surface area contributed by atoms with Gasteiger partial charge in [-0.15, -0.1) is 0 Å². The van der Waals surface area contributed by atoms with Gasteiger partial charge in [0.25, 0.3) is 0 Å². The summed E-state index contributed by atoms with van der Waals surface area (Å²) in [6.45, 7) is 5.26. The van der Waals surface area contributed by atoms with Crippen molar-refractivity contribution in [3.63, 3.8) is 0 Å². The molecule has 1 amide bonds. The molecule has 150 valence electrons. The van der Waals surface area contributed by atoms with Gasteiger partial charge in [0.1, 0.15) is 11.9 Å². The number of carbonyl (C=O) groups excluding carboxylic acids is 1. The van der Waals surface area contributed by atoms with E-state index in [4.69, 9.17) is 4.98 Å². The number of carbonyl (C=O) groups is 1. The first-order valence-electron chi connectivity index (χ1n) is 10.5. The smallest absolute Gasteiger partial charge is 0.245 e. The Morgan fingerprint density at radius 1 is 1.28 bits per heavy atom. The summed E-state index contributed by atoms with van der Waals surface area (Å²) in [5.41, 5.74) is 4.07. The van der Waals surface area contributed by atoms with E-state index in [2.05, 4.69) is 15.3 Å². The van der Waals surface area contributed by atoms with Crippen LogP contribution in [0.5, 0.6) is 0 Å². The number of imidazole rings is 1. The molecule has 2 aliphatic heterocycles. The van der Waals surface area contributed by atoms with Crippen LogP contribution in [0.15, 0.2) is 36.8 Å². The predicted molar refractivity (Wildman–Crippen MR) is 110 cm³/mol. The number of fused-ring (bicyclic) bond motifs is 2. The van der Waals surface area contributed by atoms with E-state index in [0.717, 1.165) is 54.0 Å². The first kappa shape index (κ1) is 18.2. The van der Waals surface area contributed by atoms with E-state index >= 15 is 0 Å². The minimum absolute atomic E-state index is 0.111. The molecule has 4 heterocycles. The topological polar surface area (TPSA) is 75.9 Å². The molecule has 0 saturated carbocycles. The van der Waals surface area contributed by atoms with Crippen LogP contribution in [0.2, 0.25) is 0 Å². The highest BCUT2D eigenvalue weighted by Gasteiger charge is 2.28. The molecule has 0 bridgehead atoms. The Morgan fingerprint density at radius 3 is 3.03 bits per heavy atom. The number of piperidine rings is 1. The Bertz CT molecular complexity index is 1040. The number of nitrogens with one attached hydrogen (secondary N) is 1. The molecule has 2 atom stereocenters. The summed E-state index contributed by atoms with van der Waals surface area (Å²) in [5.74, 6) is 1.47. The molecule has 7 heteroatoms. The van der Waals surface area contributed by atoms with Gasteiger partial charge in [0.05, 0.1) is 23.1 Å². The molecule has 0 unspecified atom stereocenters. The van der Waals surface area contributed by atoms with Crippen molar-refractivity contribution in [1.82, 2.24) is 29.7 Å². The van der Waals surface area contributed by atoms with Gasteiger partial charge in [-0.05, 0) is 38.4 Å². The molecular weight excluding hydrogens is 364 g/mol. The molecule has 1 aromatic carbocycles. The standard InChI is InChI=1S/C22H26N6O/c1-15(28-14-25-19-6-2-3-7-20(19)28)22(29)27-10-8-18-17(13-27)12-24-21(26-18)16-5-4-9-23-11-16/h2-3,6-7,12,14-16,23H,4-5,8-11,13H2,1H3/t15-,16+/m0/s1. The predicted octanol–water partition coefficient (Wildman–Crippen LogP) is 2.44. The fourth-order valence-electron chi connectivity index (χ4n) is 4.46. The van der Waals surface area contributed by atoms with Gasteiger partial charge in [-0.25, -0.2) is 15.0 Å². The van der Waals surface area contributed by atoms with Crippen LogP contribution in [0.3, 0.4) is 0 Å². The van der Waals surface area contributed by atoms with E-state index < -0.39 is 0 Å². The molecule has 1 saturated heterocycles. The van der Waals surface area contributed by atoms with Crippen LogP contribution in [-0.2, 0) is 17.8 Å². The van der Waals surface area contributed by atoms with Crippen molar-refractivity contribution < 1.29 is 4.79 Å². The maximum atomic E-state index is 13.2. The number of para-hydroxylation sites is 2. The molecule has 0 aliphatic carbocycles. The van der Waals surface area contributed by atoms with Gasteiger partial charge in [-0.3, -0.25) is 4.79 Å². The zero-order valence-electron chi connectivity index (χ0n) is 16.7. The minimum atomic E-state index is -0.294. The quantitative estimate of drug-likeness (QED) is 0.743. The van der Waals surface area contributed by atoms with Gasteiger partial charge < -0.3 is 14.8 Å². The Balaban J connectivity index is 1.33. The molecule has 1 fully saturated rings. The lowest BCUT2D eigenvalue weighted by Gasteiger charge is -2.31. The van der Waals surface area contributed by atoms with Crippen LogP contribution in [0.4, 0.5) is 0 Å². The highest BCUT2D eigenvalue weighted by molar-refractivity contribution is 5.83. The van der Waals surface area contributed by atoms with E-state index in [1.165, 1.54) is 6.42 Å². The van der Waals surface area contributed by atoms with Crippen LogP contribution < -0.4 is 5.32 Å². The minimum Gasteiger partial charge on any atom is -0.336 e. The van der Waals surface area contributed by atoms with Crippen molar-refractivity contribution in [2.75, 3.05) is 19.6 Å². The lowest BCUT2D eigenvalue weighted by atomic mass is 9.98. The Kier molecular flexibility index (Phi) is 4.75. The number of nitrogens with zero attached hydrogens (tertiary/aromatic N) is 5. The Hall–Kier alpha value is -2.80. The van der Waals surface area contributed by atoms with E-state index in [0.29, 0.717) is 19.0 Å². The third kappa shape index (κ3) is 3.40. The molecule has 0 radical (unpaired) electrons. The summed E-state index contributed by atoms with van der Waals surface area (Å²) in [6, 6.07) is 7.62. The Morgan fingerprint density at radius 2 is 2.17 bits per heavy atom. The molecule has 2 aromatic heterocycles. The van der Waals surface area contributed by atoms with Gasteiger partial charge in [0.2, 0.25) is 5.91 Å². The molecule has 0 spiro atoms. The Labute approximate surface area is 170 Å². The molecule has 2 aliphatic rings. The van der Waals surface area contributed by atoms with Crippen molar-refractivity contribution in [1.29, 1.82) is 0 Å². The largest absolute Gasteiger partial charge is 0.336 e. The van der Waals surface area contributed by atoms with E-state index in [-0.39, 0.29) is 11.9 Å². The normalized spacial score (nSPS) is 20.4. The number of hydrogen-bond donors (Lipinski definition) is 1. The number of benzene rings is 1. The lowest BCUT2D eigenvalue weighted by molar-refractivity contribution is -0.135. The molecule has 1 N–H and O–H groups in total. The van der Waals surface area contributed by atoms with Crippen LogP contribution in [0.25, 0.3) is 11.0 Å². The number of hydrogen-bond acceptors (Lipinski definition) is 5. The zero-order valence-corrected chi connectivity index (χ0v) is 16.7. The van der Waals surface area contributed by atoms with Crippen molar-refractivity contribution >= 4 is 16.9 Å². The van der Waals surface area contributed by atoms with Gasteiger partial charge in [-0.1, -0.05) is 12.1 Å². The summed E-state index contributed by atoms with van der Waals surface area (Å²) in [4.78, 5) is 29.0. The number of amides is 1. The van der Waals surface area contributed by atoms with Crippen molar-refractivity contribution in [2.45, 2.75) is 44.7 Å². The molecule has 29 heavy (non-hydrogen) atoms. The van der Waals surface area contributed by atoms with Crippen LogP contribution in [0.1, 0.15) is 48.8 Å². The van der Waals surface area contributed by atoms with E-state index in [1.807, 2.05) is 46.9 Å². The second-order valence-corrected chi connectivity index (χ2v) is 8.07. The lowest BCUT2D eigenvalue weighted by Crippen LogP contribution is -2.40. The second-order valence-electron chi connectivity index (χ2n) is 8.07. The molecular formula is C22H26N6O. The molecule has 3 aromatic rings. The highest BCUT2D eigenvalue weighted by atomic mass is 16.2. The van der Waals surface area contributed by atoms with E-state index in [1.54, 1.807) is 6.33 Å². The highest BCUT2D eigenvalue weighted by Crippen LogP contribution is 2.25. The summed E-state index contributed by atoms with van der Waals surface area (Å²) in [5, 5.41) is 3.43. The third-order valence-electron chi connectivity index (χ3n) is 6.18. The van der Waals surface area contributed by atoms with Crippen molar-refractivity contribution in [3.05, 3.63) is 53.9 Å². The fraction of sp³-hybridized carbons (Fsp3) is 0.455. The van der Waals surface area contributed by atoms with Crippen molar-refractivity contribution in [3.8, 4) is 0 Å². The maximum absolute atomic E-state index is 13.2. The first-order chi connectivity index (χ1) is 14.2. The monoisotopic (exact) mass is 390 g/mol.